The van der Waals surface area contributed by atoms with Gasteiger partial charge in [0.15, 0.2) is 11.9 Å². The number of nitrogens with one attached hydrogen (secondary N) is 2. The van der Waals surface area contributed by atoms with Crippen molar-refractivity contribution in [3.05, 3.63) is 0 Å². The van der Waals surface area contributed by atoms with Gasteiger partial charge in [-0.15, -0.1) is 0 Å². The van der Waals surface area contributed by atoms with Crippen molar-refractivity contribution in [2.24, 2.45) is 38.7 Å². The number of carboxylic acids is 1. The highest BCUT2D eigenvalue weighted by atomic mass is 16.4. The van der Waals surface area contributed by atoms with Crippen LogP contribution in [0.15, 0.2) is 9.98 Å². The van der Waals surface area contributed by atoms with Gasteiger partial charge in [-0.3, -0.25) is 24.4 Å². The van der Waals surface area contributed by atoms with Crippen LogP contribution in [0.3, 0.4) is 0 Å². The van der Waals surface area contributed by atoms with E-state index in [0.717, 1.165) is 0 Å². The number of likely N-dealkylation sites (tertiary alicyclic amines) is 1. The molecule has 0 bridgehead atoms. The van der Waals surface area contributed by atoms with Crippen LogP contribution in [0.1, 0.15) is 45.4 Å². The van der Waals surface area contributed by atoms with Gasteiger partial charge in [-0.05, 0) is 45.4 Å². The van der Waals surface area contributed by atoms with Crippen LogP contribution in [0.5, 0.6) is 0 Å². The molecule has 198 valence electrons. The molecule has 3 amide bonds. The smallest absolute Gasteiger partial charge is 0.326 e. The summed E-state index contributed by atoms with van der Waals surface area (Å²) >= 11 is 0. The van der Waals surface area contributed by atoms with E-state index >= 15 is 0 Å². The van der Waals surface area contributed by atoms with Crippen LogP contribution < -0.4 is 39.3 Å². The normalized spacial score (nSPS) is 17.5. The molecule has 1 rings (SSSR count). The summed E-state index contributed by atoms with van der Waals surface area (Å²) in [6.45, 7) is 2.18. The van der Waals surface area contributed by atoms with Crippen molar-refractivity contribution in [2.75, 3.05) is 19.6 Å². The summed E-state index contributed by atoms with van der Waals surface area (Å²) < 4.78 is 0. The summed E-state index contributed by atoms with van der Waals surface area (Å²) in [5.74, 6) is -3.01. The van der Waals surface area contributed by atoms with E-state index < -0.39 is 47.9 Å². The third-order valence-electron chi connectivity index (χ3n) is 5.37. The minimum Gasteiger partial charge on any atom is -0.480 e. The molecule has 35 heavy (non-hydrogen) atoms. The molecule has 0 aliphatic carbocycles. The van der Waals surface area contributed by atoms with E-state index in [-0.39, 0.29) is 44.4 Å². The van der Waals surface area contributed by atoms with Crippen LogP contribution in [0.25, 0.3) is 0 Å². The highest BCUT2D eigenvalue weighted by Crippen LogP contribution is 2.20. The van der Waals surface area contributed by atoms with Crippen LogP contribution in [-0.4, -0.2) is 89.4 Å². The van der Waals surface area contributed by atoms with Gasteiger partial charge < -0.3 is 49.3 Å². The molecule has 15 nitrogen and oxygen atoms in total. The Hall–Kier alpha value is -3.62. The molecule has 0 aromatic heterocycles. The van der Waals surface area contributed by atoms with Crippen LogP contribution in [-0.2, 0) is 19.2 Å². The van der Waals surface area contributed by atoms with Gasteiger partial charge in [0, 0.05) is 19.6 Å². The Morgan fingerprint density at radius 3 is 1.94 bits per heavy atom. The van der Waals surface area contributed by atoms with E-state index in [4.69, 9.17) is 28.7 Å². The number of aliphatic imine (C=N–C) groups is 2. The Bertz CT molecular complexity index is 808. The summed E-state index contributed by atoms with van der Waals surface area (Å²) in [5, 5.41) is 14.7. The minimum atomic E-state index is -1.11. The van der Waals surface area contributed by atoms with Crippen LogP contribution in [0.4, 0.5) is 0 Å². The average molecular weight is 499 g/mol. The fourth-order valence-corrected chi connectivity index (χ4v) is 3.60. The second-order valence-electron chi connectivity index (χ2n) is 8.34. The number of carbonyl (C=O) groups is 4. The van der Waals surface area contributed by atoms with Crippen molar-refractivity contribution >= 4 is 35.6 Å². The molecule has 0 aromatic rings. The number of nitrogens with two attached hydrogens (primary N) is 5. The number of amides is 3. The standard InChI is InChI=1S/C20H38N10O5/c1-11(21)15(31)28-12(5-2-8-26-19(22)23)16(32)29-13(6-3-9-27-20(24)25)17(33)30-10-4-7-14(30)18(34)35/h11-14H,2-10,21H2,1H3,(H,28,31)(H,29,32)(H,34,35)(H4,22,23,26)(H4,24,25,27). The van der Waals surface area contributed by atoms with E-state index in [9.17, 15) is 24.3 Å². The number of hydrogen-bond acceptors (Lipinski definition) is 7. The predicted molar refractivity (Wildman–Crippen MR) is 130 cm³/mol. The van der Waals surface area contributed by atoms with Crippen molar-refractivity contribution in [1.29, 1.82) is 0 Å². The van der Waals surface area contributed by atoms with Gasteiger partial charge in [-0.25, -0.2) is 4.79 Å². The van der Waals surface area contributed by atoms with Crippen molar-refractivity contribution in [1.82, 2.24) is 15.5 Å². The maximum Gasteiger partial charge on any atom is 0.326 e. The molecule has 0 radical (unpaired) electrons. The van der Waals surface area contributed by atoms with E-state index in [2.05, 4.69) is 20.6 Å². The Morgan fingerprint density at radius 2 is 1.46 bits per heavy atom. The number of carboxylic acid groups (broad SMARTS) is 1. The lowest BCUT2D eigenvalue weighted by Gasteiger charge is -2.29. The molecule has 1 heterocycles. The third kappa shape index (κ3) is 10.5. The Labute approximate surface area is 203 Å². The zero-order valence-corrected chi connectivity index (χ0v) is 20.0. The zero-order chi connectivity index (χ0) is 26.5. The molecule has 15 heteroatoms. The quantitative estimate of drug-likeness (QED) is 0.0664. The number of hydrogen-bond donors (Lipinski definition) is 8. The molecular weight excluding hydrogens is 460 g/mol. The number of guanidine groups is 2. The SMILES string of the molecule is CC(N)C(=O)NC(CCCN=C(N)N)C(=O)NC(CCCN=C(N)N)C(=O)N1CCCC1C(=O)O. The predicted octanol–water partition coefficient (Wildman–Crippen LogP) is -3.51. The molecule has 1 aliphatic rings. The lowest BCUT2D eigenvalue weighted by molar-refractivity contribution is -0.149. The number of nitrogens with zero attached hydrogens (tertiary/aromatic N) is 3. The first-order chi connectivity index (χ1) is 16.4. The first-order valence-corrected chi connectivity index (χ1v) is 11.4. The molecule has 0 aromatic carbocycles. The van der Waals surface area contributed by atoms with E-state index in [1.54, 1.807) is 0 Å². The fraction of sp³-hybridized carbons (Fsp3) is 0.700. The summed E-state index contributed by atoms with van der Waals surface area (Å²) in [6.07, 6.45) is 1.92. The Balaban J connectivity index is 3.02. The van der Waals surface area contributed by atoms with Crippen molar-refractivity contribution in [3.63, 3.8) is 0 Å². The van der Waals surface area contributed by atoms with E-state index in [1.165, 1.54) is 11.8 Å². The topological polar surface area (TPSA) is 271 Å². The summed E-state index contributed by atoms with van der Waals surface area (Å²) in [5.41, 5.74) is 26.9. The van der Waals surface area contributed by atoms with Crippen molar-refractivity contribution < 1.29 is 24.3 Å². The van der Waals surface area contributed by atoms with Gasteiger partial charge >= 0.3 is 5.97 Å². The maximum atomic E-state index is 13.2. The molecular formula is C20H38N10O5. The van der Waals surface area contributed by atoms with Gasteiger partial charge in [0.2, 0.25) is 17.7 Å². The largest absolute Gasteiger partial charge is 0.480 e. The molecule has 1 fully saturated rings. The fourth-order valence-electron chi connectivity index (χ4n) is 3.60. The summed E-state index contributed by atoms with van der Waals surface area (Å²) in [4.78, 5) is 59.0. The summed E-state index contributed by atoms with van der Waals surface area (Å²) in [7, 11) is 0. The minimum absolute atomic E-state index is 0.101. The molecule has 0 saturated carbocycles. The number of rotatable bonds is 14. The van der Waals surface area contributed by atoms with Gasteiger partial charge in [0.05, 0.1) is 6.04 Å². The molecule has 13 N–H and O–H groups in total. The zero-order valence-electron chi connectivity index (χ0n) is 20.0. The Morgan fingerprint density at radius 1 is 0.943 bits per heavy atom. The van der Waals surface area contributed by atoms with E-state index in [1.807, 2.05) is 0 Å². The Kier molecular flexibility index (Phi) is 12.3. The maximum absolute atomic E-state index is 13.2. The number of carbonyl (C=O) groups excluding carboxylic acids is 3. The highest BCUT2D eigenvalue weighted by molar-refractivity contribution is 5.94. The highest BCUT2D eigenvalue weighted by Gasteiger charge is 2.38. The first-order valence-electron chi connectivity index (χ1n) is 11.4. The summed E-state index contributed by atoms with van der Waals surface area (Å²) in [6, 6.07) is -3.87. The lowest BCUT2D eigenvalue weighted by Crippen LogP contribution is -2.57. The van der Waals surface area contributed by atoms with Gasteiger partial charge in [-0.1, -0.05) is 0 Å². The molecule has 0 spiro atoms. The van der Waals surface area contributed by atoms with Crippen LogP contribution in [0, 0.1) is 0 Å². The molecule has 4 atom stereocenters. The van der Waals surface area contributed by atoms with Crippen LogP contribution in [0.2, 0.25) is 0 Å². The molecule has 1 saturated heterocycles. The van der Waals surface area contributed by atoms with E-state index in [0.29, 0.717) is 25.7 Å². The third-order valence-corrected chi connectivity index (χ3v) is 5.37. The molecule has 4 unspecified atom stereocenters. The van der Waals surface area contributed by atoms with Gasteiger partial charge in [0.25, 0.3) is 0 Å². The van der Waals surface area contributed by atoms with Crippen LogP contribution >= 0.6 is 0 Å². The van der Waals surface area contributed by atoms with Crippen molar-refractivity contribution in [3.8, 4) is 0 Å². The van der Waals surface area contributed by atoms with Crippen molar-refractivity contribution in [2.45, 2.75) is 69.6 Å². The monoisotopic (exact) mass is 498 g/mol. The first kappa shape index (κ1) is 29.4. The average Bonchev–Trinajstić information content (AvgIpc) is 3.27. The number of aliphatic carboxylic acids is 1. The lowest BCUT2D eigenvalue weighted by atomic mass is 10.1. The molecule has 1 aliphatic heterocycles. The van der Waals surface area contributed by atoms with Gasteiger partial charge in [0.1, 0.15) is 18.1 Å². The second-order valence-corrected chi connectivity index (χ2v) is 8.34. The van der Waals surface area contributed by atoms with Gasteiger partial charge in [-0.2, -0.15) is 0 Å². The second kappa shape index (κ2) is 14.6.